The van der Waals surface area contributed by atoms with Gasteiger partial charge in [-0.2, -0.15) is 0 Å². The standard InChI is InChI=1S/C44H38NP2.H2O/c1-7-19-35(20-8-1)43(36-21-9-2-10-22-36)31-33-46(39-27-15-5-16-28-39)41(43)45-42-44(37-23-11-3-12-24-37,38-25-13-4-14-26-38)32-34-47(42)40-29-17-6-18-30-40;/h1-30H,31-34H2;1H2/q+1;/p-1. The SMILES string of the molecule is [OH-].c1ccc(P2CCC(c3ccccc3)(c3ccccc3)C2=[N+]=C2P(c3ccccc3)CCC2(c2ccccc2)c2ccccc2)cc1. The van der Waals surface area contributed by atoms with E-state index in [9.17, 15) is 0 Å². The van der Waals surface area contributed by atoms with E-state index in [1.165, 1.54) is 43.8 Å². The fourth-order valence-corrected chi connectivity index (χ4v) is 13.7. The quantitative estimate of drug-likeness (QED) is 0.130. The third kappa shape index (κ3) is 5.50. The third-order valence-corrected chi connectivity index (χ3v) is 15.3. The molecule has 0 spiro atoms. The van der Waals surface area contributed by atoms with E-state index >= 15 is 0 Å². The number of benzene rings is 6. The second kappa shape index (κ2) is 14.0. The van der Waals surface area contributed by atoms with E-state index in [4.69, 9.17) is 4.67 Å². The van der Waals surface area contributed by atoms with Crippen LogP contribution in [-0.2, 0) is 10.8 Å². The molecule has 8 rings (SSSR count). The minimum atomic E-state index is -0.683. The molecular formula is C44H39NOP2. The predicted molar refractivity (Wildman–Crippen MR) is 206 cm³/mol. The summed E-state index contributed by atoms with van der Waals surface area (Å²) in [5, 5.41) is 2.84. The Kier molecular flexibility index (Phi) is 9.36. The molecule has 0 saturated carbocycles. The van der Waals surface area contributed by atoms with Crippen molar-refractivity contribution in [1.29, 1.82) is 0 Å². The van der Waals surface area contributed by atoms with E-state index < -0.39 is 15.8 Å². The Labute approximate surface area is 286 Å². The Morgan fingerprint density at radius 3 is 0.875 bits per heavy atom. The average molecular weight is 660 g/mol. The smallest absolute Gasteiger partial charge is 0.318 e. The summed E-state index contributed by atoms with van der Waals surface area (Å²) in [6, 6.07) is 67.4. The zero-order chi connectivity index (χ0) is 31.5. The molecule has 0 amide bonds. The molecule has 2 heterocycles. The monoisotopic (exact) mass is 659 g/mol. The van der Waals surface area contributed by atoms with Crippen molar-refractivity contribution in [2.24, 2.45) is 0 Å². The van der Waals surface area contributed by atoms with Crippen LogP contribution < -0.4 is 15.3 Å². The van der Waals surface area contributed by atoms with Crippen LogP contribution in [0.15, 0.2) is 182 Å². The van der Waals surface area contributed by atoms with Crippen molar-refractivity contribution < 1.29 is 5.48 Å². The molecular weight excluding hydrogens is 620 g/mol. The lowest BCUT2D eigenvalue weighted by molar-refractivity contribution is 0.677. The maximum Gasteiger partial charge on any atom is 0.318 e. The fourth-order valence-electron chi connectivity index (χ4n) is 7.90. The normalized spacial score (nSPS) is 19.3. The lowest BCUT2D eigenvalue weighted by Gasteiger charge is -2.28. The summed E-state index contributed by atoms with van der Waals surface area (Å²) >= 11 is 0. The van der Waals surface area contributed by atoms with Crippen LogP contribution in [0.1, 0.15) is 35.1 Å². The summed E-state index contributed by atoms with van der Waals surface area (Å²) in [5.74, 6) is 0. The van der Waals surface area contributed by atoms with Gasteiger partial charge in [0.05, 0.1) is 0 Å². The molecule has 48 heavy (non-hydrogen) atoms. The van der Waals surface area contributed by atoms with Crippen LogP contribution in [0.4, 0.5) is 0 Å². The van der Waals surface area contributed by atoms with Gasteiger partial charge >= 0.3 is 10.9 Å². The zero-order valence-corrected chi connectivity index (χ0v) is 28.7. The van der Waals surface area contributed by atoms with E-state index in [-0.39, 0.29) is 16.3 Å². The van der Waals surface area contributed by atoms with Crippen LogP contribution >= 0.6 is 15.8 Å². The molecule has 0 bridgehead atoms. The molecule has 2 unspecified atom stereocenters. The molecule has 2 nitrogen and oxygen atoms in total. The van der Waals surface area contributed by atoms with Gasteiger partial charge in [0.15, 0.2) is 0 Å². The van der Waals surface area contributed by atoms with Crippen LogP contribution in [0.2, 0.25) is 0 Å². The molecule has 236 valence electrons. The van der Waals surface area contributed by atoms with Crippen molar-refractivity contribution in [3.63, 3.8) is 0 Å². The number of rotatable bonds is 6. The van der Waals surface area contributed by atoms with E-state index in [1.54, 1.807) is 0 Å². The molecule has 2 aliphatic heterocycles. The minimum Gasteiger partial charge on any atom is -0.870 e. The second-order valence-corrected chi connectivity index (χ2v) is 17.0. The van der Waals surface area contributed by atoms with Gasteiger partial charge in [-0.25, -0.2) is 0 Å². The Morgan fingerprint density at radius 2 is 0.604 bits per heavy atom. The molecule has 0 aromatic heterocycles. The van der Waals surface area contributed by atoms with Gasteiger partial charge in [0.2, 0.25) is 0 Å². The molecule has 0 radical (unpaired) electrons. The molecule has 2 aliphatic rings. The van der Waals surface area contributed by atoms with Gasteiger partial charge in [0.1, 0.15) is 10.8 Å². The molecule has 2 fully saturated rings. The van der Waals surface area contributed by atoms with Gasteiger partial charge in [0, 0.05) is 15.8 Å². The molecule has 6 aromatic rings. The fraction of sp³-hybridized carbons (Fsp3) is 0.136. The zero-order valence-electron chi connectivity index (χ0n) is 26.9. The first-order valence-corrected chi connectivity index (χ1v) is 19.7. The number of hydrogen-bond acceptors (Lipinski definition) is 1. The highest BCUT2D eigenvalue weighted by molar-refractivity contribution is 7.84. The lowest BCUT2D eigenvalue weighted by Crippen LogP contribution is -2.39. The van der Waals surface area contributed by atoms with E-state index in [2.05, 4.69) is 182 Å². The van der Waals surface area contributed by atoms with Crippen LogP contribution in [0.25, 0.3) is 0 Å². The van der Waals surface area contributed by atoms with E-state index in [1.807, 2.05) is 0 Å². The average Bonchev–Trinajstić information content (AvgIpc) is 3.74. The summed E-state index contributed by atoms with van der Waals surface area (Å²) in [7, 11) is -1.37. The van der Waals surface area contributed by atoms with E-state index in [0.29, 0.717) is 0 Å². The van der Waals surface area contributed by atoms with Crippen molar-refractivity contribution in [1.82, 2.24) is 4.67 Å². The first-order valence-electron chi connectivity index (χ1n) is 16.6. The highest BCUT2D eigenvalue weighted by Gasteiger charge is 2.59. The molecule has 1 N–H and O–H groups in total. The molecule has 0 aliphatic carbocycles. The Morgan fingerprint density at radius 1 is 0.354 bits per heavy atom. The molecule has 2 atom stereocenters. The van der Waals surface area contributed by atoms with E-state index in [0.717, 1.165) is 25.2 Å². The van der Waals surface area contributed by atoms with Gasteiger partial charge < -0.3 is 5.48 Å². The number of hydrogen-bond donors (Lipinski definition) is 0. The minimum absolute atomic E-state index is 0. The maximum absolute atomic E-state index is 6.29. The Bertz CT molecular complexity index is 1790. The summed E-state index contributed by atoms with van der Waals surface area (Å²) in [5.41, 5.74) is 7.47. The summed E-state index contributed by atoms with van der Waals surface area (Å²) < 4.78 is 6.29. The highest BCUT2D eigenvalue weighted by Crippen LogP contribution is 2.59. The summed E-state index contributed by atoms with van der Waals surface area (Å²) in [6.45, 7) is 0. The van der Waals surface area contributed by atoms with Crippen LogP contribution in [0, 0.1) is 0 Å². The van der Waals surface area contributed by atoms with Crippen molar-refractivity contribution in [2.75, 3.05) is 12.3 Å². The second-order valence-electron chi connectivity index (χ2n) is 12.5. The third-order valence-electron chi connectivity index (χ3n) is 10.1. The predicted octanol–water partition coefficient (Wildman–Crippen LogP) is 9.07. The van der Waals surface area contributed by atoms with Gasteiger partial charge in [-0.15, -0.1) is 0 Å². The van der Waals surface area contributed by atoms with Gasteiger partial charge in [-0.05, 0) is 58.0 Å². The highest BCUT2D eigenvalue weighted by atomic mass is 31.1. The first kappa shape index (κ1) is 32.2. The van der Waals surface area contributed by atoms with Crippen LogP contribution in [0.5, 0.6) is 0 Å². The van der Waals surface area contributed by atoms with Crippen LogP contribution in [0.3, 0.4) is 0 Å². The first-order chi connectivity index (χ1) is 23.3. The molecule has 6 aromatic carbocycles. The largest absolute Gasteiger partial charge is 0.870 e. The Balaban J connectivity index is 0.00000364. The van der Waals surface area contributed by atoms with Gasteiger partial charge in [-0.1, -0.05) is 187 Å². The molecule has 2 saturated heterocycles. The van der Waals surface area contributed by atoms with Crippen LogP contribution in [-0.4, -0.2) is 28.7 Å². The van der Waals surface area contributed by atoms with Gasteiger partial charge in [-0.3, -0.25) is 0 Å². The molecule has 4 heteroatoms. The number of nitrogens with zero attached hydrogens (tertiary/aromatic N) is 1. The van der Waals surface area contributed by atoms with Crippen molar-refractivity contribution >= 4 is 37.4 Å². The Hall–Kier alpha value is -4.41. The van der Waals surface area contributed by atoms with Gasteiger partial charge in [0.25, 0.3) is 0 Å². The van der Waals surface area contributed by atoms with Crippen molar-refractivity contribution in [3.8, 4) is 0 Å². The van der Waals surface area contributed by atoms with Crippen molar-refractivity contribution in [2.45, 2.75) is 23.7 Å². The topological polar surface area (TPSA) is 44.1 Å². The van der Waals surface area contributed by atoms with Crippen molar-refractivity contribution in [3.05, 3.63) is 204 Å². The summed E-state index contributed by atoms with van der Waals surface area (Å²) in [6.07, 6.45) is 4.31. The summed E-state index contributed by atoms with van der Waals surface area (Å²) in [4.78, 5) is 0. The lowest BCUT2D eigenvalue weighted by atomic mass is 9.72. The maximum atomic E-state index is 6.29.